The van der Waals surface area contributed by atoms with Gasteiger partial charge in [0.2, 0.25) is 11.8 Å². The van der Waals surface area contributed by atoms with Crippen LogP contribution in [0.4, 0.5) is 5.69 Å². The molecule has 1 atom stereocenters. The van der Waals surface area contributed by atoms with Crippen LogP contribution >= 0.6 is 11.8 Å². The summed E-state index contributed by atoms with van der Waals surface area (Å²) < 4.78 is 0. The third-order valence-electron chi connectivity index (χ3n) is 5.20. The minimum atomic E-state index is -0.200. The number of carbonyl (C=O) groups is 3. The summed E-state index contributed by atoms with van der Waals surface area (Å²) in [5.74, 6) is -0.110. The maximum absolute atomic E-state index is 12.4. The minimum Gasteiger partial charge on any atom is -0.345 e. The van der Waals surface area contributed by atoms with Crippen molar-refractivity contribution in [2.45, 2.75) is 49.2 Å². The van der Waals surface area contributed by atoms with E-state index in [4.69, 9.17) is 0 Å². The van der Waals surface area contributed by atoms with Crippen LogP contribution in [0.3, 0.4) is 0 Å². The molecule has 1 N–H and O–H groups in total. The number of likely N-dealkylation sites (tertiary alicyclic amines) is 1. The molecule has 3 rings (SSSR count). The van der Waals surface area contributed by atoms with Gasteiger partial charge in [0.25, 0.3) is 0 Å². The van der Waals surface area contributed by atoms with E-state index < -0.39 is 0 Å². The number of hydrogen-bond acceptors (Lipinski definition) is 4. The van der Waals surface area contributed by atoms with Crippen molar-refractivity contribution in [1.82, 2.24) is 4.90 Å². The first-order chi connectivity index (χ1) is 14.5. The van der Waals surface area contributed by atoms with Gasteiger partial charge in [0.1, 0.15) is 0 Å². The van der Waals surface area contributed by atoms with E-state index in [2.05, 4.69) is 12.2 Å². The highest BCUT2D eigenvalue weighted by Crippen LogP contribution is 2.34. The second-order valence-electron chi connectivity index (χ2n) is 7.57. The van der Waals surface area contributed by atoms with Crippen molar-refractivity contribution in [2.75, 3.05) is 18.9 Å². The number of para-hydroxylation sites is 1. The number of rotatable bonds is 9. The molecule has 1 aliphatic rings. The van der Waals surface area contributed by atoms with E-state index in [1.165, 1.54) is 17.3 Å². The molecule has 0 aromatic heterocycles. The smallest absolute Gasteiger partial charge is 0.235 e. The minimum absolute atomic E-state index is 0.0320. The first-order valence-corrected chi connectivity index (χ1v) is 11.3. The molecule has 1 saturated heterocycles. The van der Waals surface area contributed by atoms with Crippen molar-refractivity contribution in [1.29, 1.82) is 0 Å². The van der Waals surface area contributed by atoms with Gasteiger partial charge in [0.15, 0.2) is 5.78 Å². The molecule has 2 aromatic carbocycles. The number of thioether (sulfide) groups is 1. The first-order valence-electron chi connectivity index (χ1n) is 10.4. The van der Waals surface area contributed by atoms with Crippen molar-refractivity contribution in [3.8, 4) is 0 Å². The van der Waals surface area contributed by atoms with Crippen LogP contribution in [0.2, 0.25) is 0 Å². The number of nitrogens with zero attached hydrogens (tertiary/aromatic N) is 1. The predicted octanol–water partition coefficient (Wildman–Crippen LogP) is 4.56. The van der Waals surface area contributed by atoms with E-state index >= 15 is 0 Å². The second-order valence-corrected chi connectivity index (χ2v) is 8.81. The number of aryl methyl sites for hydroxylation is 1. The van der Waals surface area contributed by atoms with Crippen LogP contribution in [0.25, 0.3) is 0 Å². The number of nitrogens with one attached hydrogen (secondary N) is 1. The lowest BCUT2D eigenvalue weighted by molar-refractivity contribution is -0.126. The van der Waals surface area contributed by atoms with Crippen LogP contribution < -0.4 is 5.32 Å². The molecule has 0 radical (unpaired) electrons. The van der Waals surface area contributed by atoms with E-state index in [0.717, 1.165) is 30.7 Å². The Morgan fingerprint density at radius 1 is 1.10 bits per heavy atom. The number of anilines is 1. The standard InChI is InChI=1S/C24H28N2O3S/c1-3-6-17-9-11-18(12-10-17)20(27)13-14-23(28)25-19-7-4-5-8-21(19)30-22-15-16-26(2)24(22)29/h4-5,7-12,22H,3,6,13-16H2,1-2H3,(H,25,28)/t22-/m1/s1. The summed E-state index contributed by atoms with van der Waals surface area (Å²) in [5.41, 5.74) is 2.54. The maximum Gasteiger partial charge on any atom is 0.235 e. The molecule has 30 heavy (non-hydrogen) atoms. The number of benzene rings is 2. The van der Waals surface area contributed by atoms with Gasteiger partial charge in [-0.15, -0.1) is 11.8 Å². The number of hydrogen-bond donors (Lipinski definition) is 1. The highest BCUT2D eigenvalue weighted by Gasteiger charge is 2.30. The van der Waals surface area contributed by atoms with Gasteiger partial charge in [-0.1, -0.05) is 49.7 Å². The monoisotopic (exact) mass is 424 g/mol. The second kappa shape index (κ2) is 10.4. The normalized spacial score (nSPS) is 16.0. The Kier molecular flexibility index (Phi) is 7.69. The molecule has 5 nitrogen and oxygen atoms in total. The first kappa shape index (κ1) is 22.1. The number of amides is 2. The summed E-state index contributed by atoms with van der Waals surface area (Å²) in [6.07, 6.45) is 3.16. The van der Waals surface area contributed by atoms with Crippen LogP contribution in [-0.4, -0.2) is 41.3 Å². The largest absolute Gasteiger partial charge is 0.345 e. The van der Waals surface area contributed by atoms with E-state index in [0.29, 0.717) is 11.3 Å². The third kappa shape index (κ3) is 5.72. The summed E-state index contributed by atoms with van der Waals surface area (Å²) in [7, 11) is 1.81. The Morgan fingerprint density at radius 3 is 2.50 bits per heavy atom. The van der Waals surface area contributed by atoms with Gasteiger partial charge >= 0.3 is 0 Å². The van der Waals surface area contributed by atoms with Crippen LogP contribution in [0, 0.1) is 0 Å². The van der Waals surface area contributed by atoms with Crippen LogP contribution in [-0.2, 0) is 16.0 Å². The van der Waals surface area contributed by atoms with E-state index in [-0.39, 0.29) is 35.7 Å². The molecule has 6 heteroatoms. The molecule has 1 aliphatic heterocycles. The van der Waals surface area contributed by atoms with Gasteiger partial charge in [0.05, 0.1) is 10.9 Å². The third-order valence-corrected chi connectivity index (χ3v) is 6.53. The van der Waals surface area contributed by atoms with Crippen LogP contribution in [0.15, 0.2) is 53.4 Å². The highest BCUT2D eigenvalue weighted by molar-refractivity contribution is 8.00. The van der Waals surface area contributed by atoms with Gasteiger partial charge in [-0.3, -0.25) is 14.4 Å². The summed E-state index contributed by atoms with van der Waals surface area (Å²) in [6.45, 7) is 2.88. The molecule has 0 bridgehead atoms. The lowest BCUT2D eigenvalue weighted by Crippen LogP contribution is -2.23. The Bertz CT molecular complexity index is 911. The summed E-state index contributed by atoms with van der Waals surface area (Å²) in [6, 6.07) is 15.1. The Balaban J connectivity index is 1.55. The van der Waals surface area contributed by atoms with Crippen LogP contribution in [0.5, 0.6) is 0 Å². The highest BCUT2D eigenvalue weighted by atomic mass is 32.2. The van der Waals surface area contributed by atoms with Crippen molar-refractivity contribution < 1.29 is 14.4 Å². The molecule has 2 aromatic rings. The SMILES string of the molecule is CCCc1ccc(C(=O)CCC(=O)Nc2ccccc2S[C@@H]2CCN(C)C2=O)cc1. The number of carbonyl (C=O) groups excluding carboxylic acids is 3. The molecule has 0 aliphatic carbocycles. The van der Waals surface area contributed by atoms with Crippen LogP contribution in [0.1, 0.15) is 48.5 Å². The van der Waals surface area contributed by atoms with Gasteiger partial charge in [0, 0.05) is 36.9 Å². The van der Waals surface area contributed by atoms with E-state index in [1.807, 2.05) is 55.6 Å². The Labute approximate surface area is 182 Å². The summed E-state index contributed by atoms with van der Waals surface area (Å²) in [5, 5.41) is 2.79. The molecule has 1 fully saturated rings. The quantitative estimate of drug-likeness (QED) is 0.599. The van der Waals surface area contributed by atoms with Gasteiger partial charge in [-0.05, 0) is 30.5 Å². The number of Topliss-reactive ketones (excluding diaryl/α,β-unsaturated/α-hetero) is 1. The van der Waals surface area contributed by atoms with E-state index in [9.17, 15) is 14.4 Å². The maximum atomic E-state index is 12.4. The van der Waals surface area contributed by atoms with E-state index in [1.54, 1.807) is 4.90 Å². The summed E-state index contributed by atoms with van der Waals surface area (Å²) in [4.78, 5) is 39.7. The zero-order valence-electron chi connectivity index (χ0n) is 17.5. The average molecular weight is 425 g/mol. The van der Waals surface area contributed by atoms with Crippen molar-refractivity contribution in [3.63, 3.8) is 0 Å². The predicted molar refractivity (Wildman–Crippen MR) is 121 cm³/mol. The fraction of sp³-hybridized carbons (Fsp3) is 0.375. The van der Waals surface area contributed by atoms with Crippen molar-refractivity contribution in [3.05, 3.63) is 59.7 Å². The van der Waals surface area contributed by atoms with Crippen molar-refractivity contribution >= 4 is 35.0 Å². The molecule has 0 spiro atoms. The number of ketones is 1. The topological polar surface area (TPSA) is 66.5 Å². The van der Waals surface area contributed by atoms with Gasteiger partial charge < -0.3 is 10.2 Å². The summed E-state index contributed by atoms with van der Waals surface area (Å²) >= 11 is 1.49. The zero-order chi connectivity index (χ0) is 21.5. The lowest BCUT2D eigenvalue weighted by Gasteiger charge is -2.14. The molecule has 0 unspecified atom stereocenters. The van der Waals surface area contributed by atoms with Gasteiger partial charge in [-0.25, -0.2) is 0 Å². The Morgan fingerprint density at radius 2 is 1.83 bits per heavy atom. The molecule has 1 heterocycles. The van der Waals surface area contributed by atoms with Gasteiger partial charge in [-0.2, -0.15) is 0 Å². The molecule has 0 saturated carbocycles. The molecular weight excluding hydrogens is 396 g/mol. The molecule has 158 valence electrons. The molecular formula is C24H28N2O3S. The zero-order valence-corrected chi connectivity index (χ0v) is 18.3. The average Bonchev–Trinajstić information content (AvgIpc) is 3.06. The lowest BCUT2D eigenvalue weighted by atomic mass is 10.0. The fourth-order valence-corrected chi connectivity index (χ4v) is 4.67. The van der Waals surface area contributed by atoms with Crippen molar-refractivity contribution in [2.24, 2.45) is 0 Å². The Hall–Kier alpha value is -2.60. The fourth-order valence-electron chi connectivity index (χ4n) is 3.46. The molecule has 2 amide bonds.